The summed E-state index contributed by atoms with van der Waals surface area (Å²) in [6, 6.07) is 3.76. The zero-order valence-corrected chi connectivity index (χ0v) is 12.1. The minimum atomic E-state index is -0.590. The van der Waals surface area contributed by atoms with Crippen LogP contribution >= 0.6 is 0 Å². The van der Waals surface area contributed by atoms with Gasteiger partial charge in [0.15, 0.2) is 0 Å². The van der Waals surface area contributed by atoms with Crippen molar-refractivity contribution in [2.24, 2.45) is 17.6 Å². The Labute approximate surface area is 127 Å². The monoisotopic (exact) mass is 308 g/mol. The number of amides is 2. The third-order valence-corrected chi connectivity index (χ3v) is 4.69. The standard InChI is InChI=1S/C16H18F2N2O2/c17-12-2-1-3-13(18)14(12)10-8-11(10)16(22)20-6-4-9(5-7-20)15(19)21/h1-3,9-11H,4-8H2,(H2,19,21). The average molecular weight is 308 g/mol. The summed E-state index contributed by atoms with van der Waals surface area (Å²) in [7, 11) is 0. The summed E-state index contributed by atoms with van der Waals surface area (Å²) in [6.07, 6.45) is 1.60. The molecule has 1 aromatic rings. The van der Waals surface area contributed by atoms with Gasteiger partial charge in [-0.1, -0.05) is 6.07 Å². The summed E-state index contributed by atoms with van der Waals surface area (Å²) in [6.45, 7) is 0.963. The first kappa shape index (κ1) is 14.9. The van der Waals surface area contributed by atoms with Crippen LogP contribution < -0.4 is 5.73 Å². The van der Waals surface area contributed by atoms with Crippen molar-refractivity contribution in [3.63, 3.8) is 0 Å². The molecule has 0 radical (unpaired) electrons. The van der Waals surface area contributed by atoms with Crippen LogP contribution in [0, 0.1) is 23.5 Å². The lowest BCUT2D eigenvalue weighted by Gasteiger charge is -2.30. The van der Waals surface area contributed by atoms with Gasteiger partial charge in [-0.2, -0.15) is 0 Å². The maximum Gasteiger partial charge on any atom is 0.226 e. The minimum Gasteiger partial charge on any atom is -0.369 e. The number of piperidine rings is 1. The van der Waals surface area contributed by atoms with Gasteiger partial charge in [-0.3, -0.25) is 9.59 Å². The topological polar surface area (TPSA) is 63.4 Å². The van der Waals surface area contributed by atoms with E-state index in [0.717, 1.165) is 0 Å². The Balaban J connectivity index is 1.63. The summed E-state index contributed by atoms with van der Waals surface area (Å²) in [5, 5.41) is 0. The van der Waals surface area contributed by atoms with Gasteiger partial charge in [-0.05, 0) is 31.4 Å². The molecule has 2 aliphatic rings. The van der Waals surface area contributed by atoms with E-state index in [0.29, 0.717) is 32.4 Å². The maximum atomic E-state index is 13.7. The van der Waals surface area contributed by atoms with E-state index < -0.39 is 11.6 Å². The Kier molecular flexibility index (Phi) is 3.85. The summed E-state index contributed by atoms with van der Waals surface area (Å²) < 4.78 is 27.5. The Morgan fingerprint density at radius 1 is 1.14 bits per heavy atom. The molecule has 0 aromatic heterocycles. The van der Waals surface area contributed by atoms with E-state index in [2.05, 4.69) is 0 Å². The van der Waals surface area contributed by atoms with Crippen LogP contribution in [0.1, 0.15) is 30.7 Å². The lowest BCUT2D eigenvalue weighted by molar-refractivity contribution is -0.136. The number of rotatable bonds is 3. The molecule has 1 aliphatic carbocycles. The van der Waals surface area contributed by atoms with E-state index in [9.17, 15) is 18.4 Å². The minimum absolute atomic E-state index is 0.0212. The molecule has 0 bridgehead atoms. The van der Waals surface area contributed by atoms with Crippen molar-refractivity contribution in [2.75, 3.05) is 13.1 Å². The van der Waals surface area contributed by atoms with E-state index in [1.165, 1.54) is 18.2 Å². The first-order chi connectivity index (χ1) is 10.5. The number of hydrogen-bond donors (Lipinski definition) is 1. The molecule has 1 saturated heterocycles. The summed E-state index contributed by atoms with van der Waals surface area (Å²) in [5.41, 5.74) is 5.29. The number of benzene rings is 1. The Morgan fingerprint density at radius 2 is 1.73 bits per heavy atom. The van der Waals surface area contributed by atoms with E-state index in [-0.39, 0.29) is 35.1 Å². The molecule has 3 rings (SSSR count). The maximum absolute atomic E-state index is 13.7. The fourth-order valence-electron chi connectivity index (χ4n) is 3.27. The third-order valence-electron chi connectivity index (χ3n) is 4.69. The second-order valence-corrected chi connectivity index (χ2v) is 6.09. The SMILES string of the molecule is NC(=O)C1CCN(C(=O)C2CC2c2c(F)cccc2F)CC1. The highest BCUT2D eigenvalue weighted by atomic mass is 19.1. The Morgan fingerprint density at radius 3 is 2.27 bits per heavy atom. The third kappa shape index (κ3) is 2.69. The van der Waals surface area contributed by atoms with E-state index in [4.69, 9.17) is 5.73 Å². The fourth-order valence-corrected chi connectivity index (χ4v) is 3.27. The second kappa shape index (κ2) is 5.66. The highest BCUT2D eigenvalue weighted by Gasteiger charge is 2.48. The number of hydrogen-bond acceptors (Lipinski definition) is 2. The smallest absolute Gasteiger partial charge is 0.226 e. The second-order valence-electron chi connectivity index (χ2n) is 6.09. The molecule has 4 nitrogen and oxygen atoms in total. The molecule has 118 valence electrons. The van der Waals surface area contributed by atoms with Crippen LogP contribution in [0.4, 0.5) is 8.78 Å². The zero-order chi connectivity index (χ0) is 15.9. The van der Waals surface area contributed by atoms with Gasteiger partial charge in [-0.25, -0.2) is 8.78 Å². The molecule has 2 fully saturated rings. The first-order valence-corrected chi connectivity index (χ1v) is 7.51. The van der Waals surface area contributed by atoms with E-state index in [1.54, 1.807) is 4.90 Å². The van der Waals surface area contributed by atoms with Gasteiger partial charge in [0.25, 0.3) is 0 Å². The van der Waals surface area contributed by atoms with Crippen molar-refractivity contribution in [3.05, 3.63) is 35.4 Å². The molecule has 2 atom stereocenters. The summed E-state index contributed by atoms with van der Waals surface area (Å²) in [4.78, 5) is 25.2. The van der Waals surface area contributed by atoms with Gasteiger partial charge in [0.1, 0.15) is 11.6 Å². The number of carbonyl (C=O) groups is 2. The lowest BCUT2D eigenvalue weighted by atomic mass is 9.96. The highest BCUT2D eigenvalue weighted by molar-refractivity contribution is 5.83. The average Bonchev–Trinajstić information content (AvgIpc) is 3.26. The number of primary amides is 1. The Hall–Kier alpha value is -1.98. The van der Waals surface area contributed by atoms with Crippen LogP contribution in [0.15, 0.2) is 18.2 Å². The van der Waals surface area contributed by atoms with Crippen molar-refractivity contribution in [1.82, 2.24) is 4.90 Å². The van der Waals surface area contributed by atoms with Crippen LogP contribution in [0.3, 0.4) is 0 Å². The van der Waals surface area contributed by atoms with Crippen LogP contribution in [-0.2, 0) is 9.59 Å². The molecule has 2 unspecified atom stereocenters. The molecule has 0 spiro atoms. The molecular formula is C16H18F2N2O2. The fraction of sp³-hybridized carbons (Fsp3) is 0.500. The number of nitrogens with two attached hydrogens (primary N) is 1. The Bertz CT molecular complexity index is 592. The van der Waals surface area contributed by atoms with E-state index in [1.807, 2.05) is 0 Å². The number of halogens is 2. The van der Waals surface area contributed by atoms with Crippen LogP contribution in [0.2, 0.25) is 0 Å². The van der Waals surface area contributed by atoms with Gasteiger partial charge < -0.3 is 10.6 Å². The highest BCUT2D eigenvalue weighted by Crippen LogP contribution is 2.50. The summed E-state index contributed by atoms with van der Waals surface area (Å²) in [5.74, 6) is -2.48. The molecule has 1 aliphatic heterocycles. The van der Waals surface area contributed by atoms with Crippen molar-refractivity contribution in [2.45, 2.75) is 25.2 Å². The predicted octanol–water partition coefficient (Wildman–Crippen LogP) is 1.79. The molecular weight excluding hydrogens is 290 g/mol. The summed E-state index contributed by atoms with van der Waals surface area (Å²) >= 11 is 0. The van der Waals surface area contributed by atoms with Gasteiger partial charge >= 0.3 is 0 Å². The number of carbonyl (C=O) groups excluding carboxylic acids is 2. The van der Waals surface area contributed by atoms with Gasteiger partial charge in [0, 0.05) is 36.4 Å². The van der Waals surface area contributed by atoms with Crippen molar-refractivity contribution in [1.29, 1.82) is 0 Å². The van der Waals surface area contributed by atoms with Crippen molar-refractivity contribution >= 4 is 11.8 Å². The van der Waals surface area contributed by atoms with E-state index >= 15 is 0 Å². The molecule has 1 saturated carbocycles. The lowest BCUT2D eigenvalue weighted by Crippen LogP contribution is -2.42. The normalized spacial score (nSPS) is 25.1. The molecule has 1 heterocycles. The van der Waals surface area contributed by atoms with Crippen molar-refractivity contribution < 1.29 is 18.4 Å². The molecule has 1 aromatic carbocycles. The molecule has 6 heteroatoms. The van der Waals surface area contributed by atoms with Gasteiger partial charge in [0.05, 0.1) is 0 Å². The van der Waals surface area contributed by atoms with Gasteiger partial charge in [-0.15, -0.1) is 0 Å². The van der Waals surface area contributed by atoms with Crippen molar-refractivity contribution in [3.8, 4) is 0 Å². The van der Waals surface area contributed by atoms with Crippen LogP contribution in [0.25, 0.3) is 0 Å². The zero-order valence-electron chi connectivity index (χ0n) is 12.1. The predicted molar refractivity (Wildman–Crippen MR) is 75.7 cm³/mol. The van der Waals surface area contributed by atoms with Gasteiger partial charge in [0.2, 0.25) is 11.8 Å². The number of likely N-dealkylation sites (tertiary alicyclic amines) is 1. The van der Waals surface area contributed by atoms with Crippen LogP contribution in [0.5, 0.6) is 0 Å². The number of nitrogens with zero attached hydrogens (tertiary/aromatic N) is 1. The first-order valence-electron chi connectivity index (χ1n) is 7.51. The molecule has 22 heavy (non-hydrogen) atoms. The molecule has 2 N–H and O–H groups in total. The largest absolute Gasteiger partial charge is 0.369 e. The molecule has 2 amide bonds. The quantitative estimate of drug-likeness (QED) is 0.925. The van der Waals surface area contributed by atoms with Crippen LogP contribution in [-0.4, -0.2) is 29.8 Å².